The van der Waals surface area contributed by atoms with Crippen LogP contribution in [-0.2, 0) is 9.59 Å². The lowest BCUT2D eigenvalue weighted by Gasteiger charge is -2.24. The summed E-state index contributed by atoms with van der Waals surface area (Å²) in [4.78, 5) is 24.8. The summed E-state index contributed by atoms with van der Waals surface area (Å²) in [6, 6.07) is 7.43. The molecule has 1 N–H and O–H groups in total. The Bertz CT molecular complexity index is 486. The molecule has 0 saturated carbocycles. The summed E-state index contributed by atoms with van der Waals surface area (Å²) in [7, 11) is 0. The lowest BCUT2D eigenvalue weighted by Crippen LogP contribution is -2.37. The minimum Gasteiger partial charge on any atom is -0.489 e. The van der Waals surface area contributed by atoms with E-state index in [1.807, 2.05) is 38.1 Å². The van der Waals surface area contributed by atoms with Crippen LogP contribution in [0.25, 0.3) is 0 Å². The quantitative estimate of drug-likeness (QED) is 0.839. The fourth-order valence-electron chi connectivity index (χ4n) is 1.91. The van der Waals surface area contributed by atoms with Gasteiger partial charge in [0, 0.05) is 26.4 Å². The number of nitrogens with zero attached hydrogens (tertiary/aromatic N) is 1. The van der Waals surface area contributed by atoms with Crippen molar-refractivity contribution in [1.29, 1.82) is 0 Å². The number of anilines is 1. The van der Waals surface area contributed by atoms with E-state index in [9.17, 15) is 9.59 Å². The molecule has 0 unspecified atom stereocenters. The van der Waals surface area contributed by atoms with Crippen molar-refractivity contribution in [3.63, 3.8) is 0 Å². The molecular weight excluding hydrogens is 268 g/mol. The van der Waals surface area contributed by atoms with Crippen LogP contribution < -0.4 is 15.0 Å². The fraction of sp³-hybridized carbons (Fsp3) is 0.500. The van der Waals surface area contributed by atoms with Crippen LogP contribution in [-0.4, -0.2) is 31.0 Å². The van der Waals surface area contributed by atoms with E-state index in [0.717, 1.165) is 5.69 Å². The first kappa shape index (κ1) is 17.0. The molecule has 1 rings (SSSR count). The lowest BCUT2D eigenvalue weighted by molar-refractivity contribution is -0.121. The third-order valence-corrected chi connectivity index (χ3v) is 2.88. The Morgan fingerprint density at radius 2 is 1.95 bits per heavy atom. The zero-order valence-electron chi connectivity index (χ0n) is 13.2. The topological polar surface area (TPSA) is 58.6 Å². The number of ether oxygens (including phenoxy) is 1. The van der Waals surface area contributed by atoms with Crippen molar-refractivity contribution in [3.8, 4) is 5.75 Å². The summed E-state index contributed by atoms with van der Waals surface area (Å²) in [5.41, 5.74) is 0.726. The predicted molar refractivity (Wildman–Crippen MR) is 83.5 cm³/mol. The first-order chi connectivity index (χ1) is 9.95. The second-order valence-corrected chi connectivity index (χ2v) is 5.01. The third-order valence-electron chi connectivity index (χ3n) is 2.88. The van der Waals surface area contributed by atoms with Crippen LogP contribution in [0.2, 0.25) is 0 Å². The molecule has 116 valence electrons. The van der Waals surface area contributed by atoms with E-state index in [0.29, 0.717) is 25.3 Å². The van der Waals surface area contributed by atoms with Crippen LogP contribution in [0.3, 0.4) is 0 Å². The maximum Gasteiger partial charge on any atom is 0.224 e. The number of nitrogens with one attached hydrogen (secondary N) is 1. The fourth-order valence-corrected chi connectivity index (χ4v) is 1.91. The van der Waals surface area contributed by atoms with Crippen molar-refractivity contribution in [3.05, 3.63) is 24.3 Å². The van der Waals surface area contributed by atoms with Crippen LogP contribution in [0.1, 0.15) is 34.1 Å². The molecule has 0 bridgehead atoms. The Morgan fingerprint density at radius 1 is 1.29 bits per heavy atom. The highest BCUT2D eigenvalue weighted by Crippen LogP contribution is 2.28. The molecule has 0 aliphatic carbocycles. The van der Waals surface area contributed by atoms with E-state index in [4.69, 9.17) is 4.74 Å². The molecule has 5 nitrogen and oxygen atoms in total. The molecule has 0 aromatic heterocycles. The molecule has 1 aromatic carbocycles. The summed E-state index contributed by atoms with van der Waals surface area (Å²) in [6.45, 7) is 8.02. The highest BCUT2D eigenvalue weighted by molar-refractivity contribution is 5.93. The van der Waals surface area contributed by atoms with Gasteiger partial charge in [-0.25, -0.2) is 0 Å². The predicted octanol–water partition coefficient (Wildman–Crippen LogP) is 2.35. The summed E-state index contributed by atoms with van der Waals surface area (Å²) in [5.74, 6) is 0.565. The smallest absolute Gasteiger partial charge is 0.224 e. The van der Waals surface area contributed by atoms with Crippen LogP contribution in [0, 0.1) is 0 Å². The van der Waals surface area contributed by atoms with Gasteiger partial charge in [0.1, 0.15) is 5.75 Å². The Hall–Kier alpha value is -2.04. The Balaban J connectivity index is 2.85. The largest absolute Gasteiger partial charge is 0.489 e. The van der Waals surface area contributed by atoms with Gasteiger partial charge in [-0.2, -0.15) is 0 Å². The number of para-hydroxylation sites is 2. The van der Waals surface area contributed by atoms with Crippen molar-refractivity contribution in [2.24, 2.45) is 0 Å². The monoisotopic (exact) mass is 292 g/mol. The average Bonchev–Trinajstić information content (AvgIpc) is 2.43. The Labute approximate surface area is 126 Å². The van der Waals surface area contributed by atoms with Gasteiger partial charge in [-0.05, 0) is 26.0 Å². The molecule has 5 heteroatoms. The molecule has 0 heterocycles. The summed E-state index contributed by atoms with van der Waals surface area (Å²) in [6.07, 6.45) is 0.465. The number of amides is 2. The average molecular weight is 292 g/mol. The second kappa shape index (κ2) is 8.29. The van der Waals surface area contributed by atoms with Crippen molar-refractivity contribution in [1.82, 2.24) is 5.32 Å². The number of benzene rings is 1. The lowest BCUT2D eigenvalue weighted by atomic mass is 10.2. The first-order valence-corrected chi connectivity index (χ1v) is 7.26. The maximum atomic E-state index is 11.9. The van der Waals surface area contributed by atoms with E-state index < -0.39 is 0 Å². The maximum absolute atomic E-state index is 11.9. The van der Waals surface area contributed by atoms with Crippen molar-refractivity contribution >= 4 is 17.5 Å². The molecule has 0 aliphatic heterocycles. The van der Waals surface area contributed by atoms with Gasteiger partial charge in [-0.1, -0.05) is 19.1 Å². The van der Waals surface area contributed by atoms with Crippen LogP contribution >= 0.6 is 0 Å². The van der Waals surface area contributed by atoms with Gasteiger partial charge in [0.15, 0.2) is 0 Å². The number of carbonyl (C=O) groups excluding carboxylic acids is 2. The molecule has 21 heavy (non-hydrogen) atoms. The van der Waals surface area contributed by atoms with Crippen molar-refractivity contribution < 1.29 is 14.3 Å². The van der Waals surface area contributed by atoms with Gasteiger partial charge in [-0.3, -0.25) is 9.59 Å². The van der Waals surface area contributed by atoms with E-state index in [1.54, 1.807) is 11.8 Å². The normalized spacial score (nSPS) is 10.3. The standard InChI is InChI=1S/C16H24N2O3/c1-5-16(20)17-10-11-18(13(4)19)14-8-6-7-9-15(14)21-12(2)3/h6-9,12H,5,10-11H2,1-4H3,(H,17,20). The zero-order valence-corrected chi connectivity index (χ0v) is 13.2. The van der Waals surface area contributed by atoms with E-state index in [2.05, 4.69) is 5.32 Å². The molecule has 0 aliphatic rings. The Kier molecular flexibility index (Phi) is 6.72. The summed E-state index contributed by atoms with van der Waals surface area (Å²) >= 11 is 0. The van der Waals surface area contributed by atoms with Crippen molar-refractivity contribution in [2.45, 2.75) is 40.2 Å². The highest BCUT2D eigenvalue weighted by Gasteiger charge is 2.16. The molecule has 0 saturated heterocycles. The SMILES string of the molecule is CCC(=O)NCCN(C(C)=O)c1ccccc1OC(C)C. The number of rotatable bonds is 7. The molecule has 1 aromatic rings. The molecule has 0 radical (unpaired) electrons. The third kappa shape index (κ3) is 5.45. The van der Waals surface area contributed by atoms with Gasteiger partial charge in [0.05, 0.1) is 11.8 Å². The Morgan fingerprint density at radius 3 is 2.52 bits per heavy atom. The highest BCUT2D eigenvalue weighted by atomic mass is 16.5. The zero-order chi connectivity index (χ0) is 15.8. The van der Waals surface area contributed by atoms with Gasteiger partial charge in [0.2, 0.25) is 11.8 Å². The van der Waals surface area contributed by atoms with Gasteiger partial charge >= 0.3 is 0 Å². The second-order valence-electron chi connectivity index (χ2n) is 5.01. The van der Waals surface area contributed by atoms with Crippen molar-refractivity contribution in [2.75, 3.05) is 18.0 Å². The van der Waals surface area contributed by atoms with E-state index in [1.165, 1.54) is 6.92 Å². The number of carbonyl (C=O) groups is 2. The van der Waals surface area contributed by atoms with Crippen LogP contribution in [0.15, 0.2) is 24.3 Å². The minimum absolute atomic E-state index is 0.0229. The molecular formula is C16H24N2O3. The number of hydrogen-bond donors (Lipinski definition) is 1. The van der Waals surface area contributed by atoms with Crippen LogP contribution in [0.4, 0.5) is 5.69 Å². The summed E-state index contributed by atoms with van der Waals surface area (Å²) < 4.78 is 5.74. The molecule has 0 atom stereocenters. The molecule has 0 spiro atoms. The first-order valence-electron chi connectivity index (χ1n) is 7.26. The van der Waals surface area contributed by atoms with Gasteiger partial charge < -0.3 is 15.0 Å². The molecule has 2 amide bonds. The van der Waals surface area contributed by atoms with Gasteiger partial charge in [-0.15, -0.1) is 0 Å². The van der Waals surface area contributed by atoms with Gasteiger partial charge in [0.25, 0.3) is 0 Å². The number of hydrogen-bond acceptors (Lipinski definition) is 3. The van der Waals surface area contributed by atoms with E-state index >= 15 is 0 Å². The van der Waals surface area contributed by atoms with E-state index in [-0.39, 0.29) is 17.9 Å². The van der Waals surface area contributed by atoms with Crippen LogP contribution in [0.5, 0.6) is 5.75 Å². The molecule has 0 fully saturated rings. The minimum atomic E-state index is -0.0828. The summed E-state index contributed by atoms with van der Waals surface area (Å²) in [5, 5.41) is 2.77.